The van der Waals surface area contributed by atoms with Crippen molar-refractivity contribution in [2.24, 2.45) is 0 Å². The average Bonchev–Trinajstić information content (AvgIpc) is 2.63. The molecule has 0 amide bonds. The molecule has 1 aromatic heterocycles. The second-order valence-electron chi connectivity index (χ2n) is 3.78. The largest absolute Gasteiger partial charge is 0.308 e. The summed E-state index contributed by atoms with van der Waals surface area (Å²) in [4.78, 5) is 4.25. The van der Waals surface area contributed by atoms with Gasteiger partial charge in [-0.05, 0) is 18.4 Å². The highest BCUT2D eigenvalue weighted by molar-refractivity contribution is 7.98. The Kier molecular flexibility index (Phi) is 5.71. The zero-order valence-corrected chi connectivity index (χ0v) is 10.5. The summed E-state index contributed by atoms with van der Waals surface area (Å²) >= 11 is 1.87. The lowest BCUT2D eigenvalue weighted by Crippen LogP contribution is -2.24. The van der Waals surface area contributed by atoms with Gasteiger partial charge in [-0.3, -0.25) is 0 Å². The van der Waals surface area contributed by atoms with Crippen molar-refractivity contribution in [3.8, 4) is 0 Å². The Labute approximate surface area is 95.9 Å². The molecule has 1 N–H and O–H groups in total. The topological polar surface area (TPSA) is 42.7 Å². The molecular weight excluding hydrogens is 208 g/mol. The minimum atomic E-state index is 0.487. The molecule has 0 unspecified atom stereocenters. The van der Waals surface area contributed by atoms with Crippen LogP contribution in [0.3, 0.4) is 0 Å². The summed E-state index contributed by atoms with van der Waals surface area (Å²) < 4.78 is 1.99. The first-order chi connectivity index (χ1) is 7.24. The SMILES string of the molecule is CSCCCn1ncnc1CNC(C)C. The second-order valence-corrected chi connectivity index (χ2v) is 4.77. The molecule has 0 bridgehead atoms. The van der Waals surface area contributed by atoms with Crippen LogP contribution in [-0.4, -0.2) is 32.8 Å². The fourth-order valence-electron chi connectivity index (χ4n) is 1.27. The van der Waals surface area contributed by atoms with Crippen molar-refractivity contribution >= 4 is 11.8 Å². The van der Waals surface area contributed by atoms with Crippen molar-refractivity contribution in [1.82, 2.24) is 20.1 Å². The van der Waals surface area contributed by atoms with E-state index in [1.165, 1.54) is 5.75 Å². The molecule has 1 aromatic rings. The first-order valence-corrected chi connectivity index (χ1v) is 6.72. The lowest BCUT2D eigenvalue weighted by atomic mass is 10.4. The van der Waals surface area contributed by atoms with Crippen LogP contribution in [0, 0.1) is 0 Å². The van der Waals surface area contributed by atoms with Gasteiger partial charge in [0.1, 0.15) is 12.2 Å². The van der Waals surface area contributed by atoms with E-state index in [4.69, 9.17) is 0 Å². The van der Waals surface area contributed by atoms with E-state index in [0.29, 0.717) is 6.04 Å². The highest BCUT2D eigenvalue weighted by Gasteiger charge is 2.03. The monoisotopic (exact) mass is 228 g/mol. The molecule has 0 saturated heterocycles. The van der Waals surface area contributed by atoms with Crippen LogP contribution in [0.5, 0.6) is 0 Å². The molecule has 0 aliphatic heterocycles. The van der Waals surface area contributed by atoms with E-state index in [1.54, 1.807) is 6.33 Å². The van der Waals surface area contributed by atoms with Crippen molar-refractivity contribution in [3.63, 3.8) is 0 Å². The summed E-state index contributed by atoms with van der Waals surface area (Å²) in [5, 5.41) is 7.57. The van der Waals surface area contributed by atoms with Gasteiger partial charge in [-0.15, -0.1) is 0 Å². The molecular formula is C10H20N4S. The maximum atomic E-state index is 4.25. The van der Waals surface area contributed by atoms with Crippen LogP contribution in [-0.2, 0) is 13.1 Å². The normalized spacial score (nSPS) is 11.2. The number of aromatic nitrogens is 3. The third-order valence-corrected chi connectivity index (χ3v) is 2.78. The van der Waals surface area contributed by atoms with Gasteiger partial charge in [0.15, 0.2) is 0 Å². The van der Waals surface area contributed by atoms with Crippen LogP contribution in [0.15, 0.2) is 6.33 Å². The Bertz CT molecular complexity index is 272. The summed E-state index contributed by atoms with van der Waals surface area (Å²) in [6.07, 6.45) is 4.91. The zero-order valence-electron chi connectivity index (χ0n) is 9.73. The van der Waals surface area contributed by atoms with Crippen LogP contribution >= 0.6 is 11.8 Å². The molecule has 15 heavy (non-hydrogen) atoms. The molecule has 0 aromatic carbocycles. The molecule has 0 fully saturated rings. The highest BCUT2D eigenvalue weighted by atomic mass is 32.2. The predicted molar refractivity (Wildman–Crippen MR) is 65.0 cm³/mol. The molecule has 0 aliphatic rings. The lowest BCUT2D eigenvalue weighted by molar-refractivity contribution is 0.517. The number of nitrogens with one attached hydrogen (secondary N) is 1. The summed E-state index contributed by atoms with van der Waals surface area (Å²) in [7, 11) is 0. The van der Waals surface area contributed by atoms with Gasteiger partial charge in [-0.25, -0.2) is 9.67 Å². The van der Waals surface area contributed by atoms with Gasteiger partial charge in [0, 0.05) is 12.6 Å². The third-order valence-electron chi connectivity index (χ3n) is 2.08. The molecule has 0 aliphatic carbocycles. The van der Waals surface area contributed by atoms with E-state index in [2.05, 4.69) is 35.5 Å². The molecule has 86 valence electrons. The summed E-state index contributed by atoms with van der Waals surface area (Å²) in [5.74, 6) is 2.21. The van der Waals surface area contributed by atoms with Crippen molar-refractivity contribution in [2.75, 3.05) is 12.0 Å². The number of hydrogen-bond acceptors (Lipinski definition) is 4. The van der Waals surface area contributed by atoms with Gasteiger partial charge >= 0.3 is 0 Å². The van der Waals surface area contributed by atoms with Crippen LogP contribution in [0.25, 0.3) is 0 Å². The van der Waals surface area contributed by atoms with Gasteiger partial charge in [-0.1, -0.05) is 13.8 Å². The third kappa shape index (κ3) is 4.66. The standard InChI is InChI=1S/C10H20N4S/c1-9(2)11-7-10-12-8-13-14(10)5-4-6-15-3/h8-9,11H,4-7H2,1-3H3. The Morgan fingerprint density at radius 3 is 3.00 bits per heavy atom. The van der Waals surface area contributed by atoms with Crippen molar-refractivity contribution in [1.29, 1.82) is 0 Å². The van der Waals surface area contributed by atoms with Gasteiger partial charge in [0.05, 0.1) is 6.54 Å². The number of aryl methyl sites for hydroxylation is 1. The Morgan fingerprint density at radius 1 is 1.53 bits per heavy atom. The average molecular weight is 228 g/mol. The van der Waals surface area contributed by atoms with Crippen molar-refractivity contribution in [3.05, 3.63) is 12.2 Å². The van der Waals surface area contributed by atoms with E-state index in [1.807, 2.05) is 16.4 Å². The highest BCUT2D eigenvalue weighted by Crippen LogP contribution is 2.00. The minimum absolute atomic E-state index is 0.487. The van der Waals surface area contributed by atoms with Crippen LogP contribution in [0.1, 0.15) is 26.1 Å². The maximum Gasteiger partial charge on any atom is 0.140 e. The summed E-state index contributed by atoms with van der Waals surface area (Å²) in [6.45, 7) is 6.04. The molecule has 0 atom stereocenters. The number of nitrogens with zero attached hydrogens (tertiary/aromatic N) is 3. The van der Waals surface area contributed by atoms with Gasteiger partial charge in [0.2, 0.25) is 0 Å². The molecule has 1 rings (SSSR count). The number of rotatable bonds is 7. The first kappa shape index (κ1) is 12.5. The molecule has 5 heteroatoms. The van der Waals surface area contributed by atoms with Gasteiger partial charge < -0.3 is 5.32 Å². The van der Waals surface area contributed by atoms with E-state index in [0.717, 1.165) is 25.3 Å². The molecule has 1 heterocycles. The van der Waals surface area contributed by atoms with Crippen LogP contribution in [0.4, 0.5) is 0 Å². The minimum Gasteiger partial charge on any atom is -0.308 e. The van der Waals surface area contributed by atoms with E-state index in [9.17, 15) is 0 Å². The lowest BCUT2D eigenvalue weighted by Gasteiger charge is -2.09. The summed E-state index contributed by atoms with van der Waals surface area (Å²) in [6, 6.07) is 0.487. The van der Waals surface area contributed by atoms with Gasteiger partial charge in [0.25, 0.3) is 0 Å². The van der Waals surface area contributed by atoms with E-state index >= 15 is 0 Å². The predicted octanol–water partition coefficient (Wildman–Crippen LogP) is 1.53. The molecule has 0 radical (unpaired) electrons. The van der Waals surface area contributed by atoms with Gasteiger partial charge in [-0.2, -0.15) is 16.9 Å². The Balaban J connectivity index is 2.39. The fraction of sp³-hybridized carbons (Fsp3) is 0.800. The first-order valence-electron chi connectivity index (χ1n) is 5.33. The Morgan fingerprint density at radius 2 is 2.33 bits per heavy atom. The molecule has 0 saturated carbocycles. The smallest absolute Gasteiger partial charge is 0.140 e. The maximum absolute atomic E-state index is 4.25. The second kappa shape index (κ2) is 6.85. The molecule has 0 spiro atoms. The number of thioether (sulfide) groups is 1. The molecule has 4 nitrogen and oxygen atoms in total. The van der Waals surface area contributed by atoms with Crippen LogP contribution < -0.4 is 5.32 Å². The van der Waals surface area contributed by atoms with E-state index in [-0.39, 0.29) is 0 Å². The van der Waals surface area contributed by atoms with Crippen molar-refractivity contribution < 1.29 is 0 Å². The quantitative estimate of drug-likeness (QED) is 0.719. The Hall–Kier alpha value is -0.550. The van der Waals surface area contributed by atoms with E-state index < -0.39 is 0 Å². The van der Waals surface area contributed by atoms with Crippen LogP contribution in [0.2, 0.25) is 0 Å². The van der Waals surface area contributed by atoms with Crippen molar-refractivity contribution in [2.45, 2.75) is 39.4 Å². The summed E-state index contributed by atoms with van der Waals surface area (Å²) in [5.41, 5.74) is 0. The fourth-order valence-corrected chi connectivity index (χ4v) is 1.68. The zero-order chi connectivity index (χ0) is 11.1. The number of hydrogen-bond donors (Lipinski definition) is 1.